The fourth-order valence-corrected chi connectivity index (χ4v) is 2.54. The molecule has 2 heterocycles. The van der Waals surface area contributed by atoms with Crippen LogP contribution in [0.4, 0.5) is 0 Å². The highest BCUT2D eigenvalue weighted by atomic mass is 32.2. The van der Waals surface area contributed by atoms with Gasteiger partial charge in [0, 0.05) is 0 Å². The third-order valence-electron chi connectivity index (χ3n) is 1.81. The van der Waals surface area contributed by atoms with Gasteiger partial charge in [0.25, 0.3) is 0 Å². The summed E-state index contributed by atoms with van der Waals surface area (Å²) in [5.74, 6) is 1.33. The minimum atomic E-state index is 0.578. The van der Waals surface area contributed by atoms with Gasteiger partial charge in [-0.15, -0.1) is 11.8 Å². The van der Waals surface area contributed by atoms with Crippen molar-refractivity contribution in [3.05, 3.63) is 0 Å². The smallest absolute Gasteiger partial charge is 0.103 e. The van der Waals surface area contributed by atoms with E-state index in [4.69, 9.17) is 4.74 Å². The molecule has 0 saturated carbocycles. The molecule has 2 heteroatoms. The largest absolute Gasteiger partial charge is 0.364 e. The van der Waals surface area contributed by atoms with E-state index in [1.54, 1.807) is 0 Å². The average molecular weight is 130 g/mol. The summed E-state index contributed by atoms with van der Waals surface area (Å²) >= 11 is 1.98. The second-order valence-corrected chi connectivity index (χ2v) is 3.69. The van der Waals surface area contributed by atoms with Crippen LogP contribution in [0.3, 0.4) is 0 Å². The zero-order valence-electron chi connectivity index (χ0n) is 4.80. The summed E-state index contributed by atoms with van der Waals surface area (Å²) in [6.45, 7) is 0. The Balaban J connectivity index is 2.03. The van der Waals surface area contributed by atoms with Crippen molar-refractivity contribution in [1.29, 1.82) is 0 Å². The van der Waals surface area contributed by atoms with E-state index < -0.39 is 0 Å². The number of hydrogen-bond donors (Lipinski definition) is 0. The van der Waals surface area contributed by atoms with Gasteiger partial charge in [0.1, 0.15) is 5.44 Å². The number of thioether (sulfide) groups is 1. The van der Waals surface area contributed by atoms with E-state index in [0.717, 1.165) is 0 Å². The van der Waals surface area contributed by atoms with Gasteiger partial charge in [0.05, 0.1) is 6.10 Å². The molecule has 46 valence electrons. The molecule has 0 N–H and O–H groups in total. The summed E-state index contributed by atoms with van der Waals surface area (Å²) in [7, 11) is 0. The Labute approximate surface area is 53.8 Å². The quantitative estimate of drug-likeness (QED) is 0.493. The molecular weight excluding hydrogens is 120 g/mol. The van der Waals surface area contributed by atoms with Crippen LogP contribution in [0.25, 0.3) is 0 Å². The first-order chi connectivity index (χ1) is 3.95. The van der Waals surface area contributed by atoms with Crippen molar-refractivity contribution in [1.82, 2.24) is 0 Å². The van der Waals surface area contributed by atoms with Crippen molar-refractivity contribution in [3.8, 4) is 0 Å². The molecule has 0 amide bonds. The SMILES string of the molecule is C1CC2CC[C@@H](O2)S1. The van der Waals surface area contributed by atoms with Gasteiger partial charge in [-0.05, 0) is 25.0 Å². The molecule has 0 spiro atoms. The van der Waals surface area contributed by atoms with E-state index in [2.05, 4.69) is 0 Å². The first-order valence-corrected chi connectivity index (χ1v) is 4.27. The van der Waals surface area contributed by atoms with Crippen molar-refractivity contribution >= 4 is 11.8 Å². The standard InChI is InChI=1S/C6H10OS/c1-2-6-7-5(1)3-4-8-6/h5-6H,1-4H2/t5?,6-/m0/s1. The molecule has 0 aromatic rings. The summed E-state index contributed by atoms with van der Waals surface area (Å²) in [5, 5.41) is 0. The first-order valence-electron chi connectivity index (χ1n) is 3.22. The highest BCUT2D eigenvalue weighted by molar-refractivity contribution is 7.99. The average Bonchev–Trinajstić information content (AvgIpc) is 2.12. The Kier molecular flexibility index (Phi) is 1.23. The van der Waals surface area contributed by atoms with Gasteiger partial charge in [-0.25, -0.2) is 0 Å². The van der Waals surface area contributed by atoms with E-state index in [-0.39, 0.29) is 0 Å². The number of rotatable bonds is 0. The summed E-state index contributed by atoms with van der Waals surface area (Å²) in [5.41, 5.74) is 0.578. The Bertz CT molecular complexity index is 80.5. The maximum Gasteiger partial charge on any atom is 0.103 e. The van der Waals surface area contributed by atoms with Crippen molar-refractivity contribution in [2.45, 2.75) is 30.8 Å². The van der Waals surface area contributed by atoms with Crippen LogP contribution in [0.15, 0.2) is 0 Å². The Morgan fingerprint density at radius 1 is 1.25 bits per heavy atom. The molecule has 0 aliphatic carbocycles. The number of hydrogen-bond acceptors (Lipinski definition) is 2. The lowest BCUT2D eigenvalue weighted by molar-refractivity contribution is 0.0830. The van der Waals surface area contributed by atoms with Gasteiger partial charge in [0.15, 0.2) is 0 Å². The molecule has 0 aromatic heterocycles. The lowest BCUT2D eigenvalue weighted by Crippen LogP contribution is -2.15. The molecule has 1 nitrogen and oxygen atoms in total. The molecule has 1 unspecified atom stereocenters. The van der Waals surface area contributed by atoms with Gasteiger partial charge >= 0.3 is 0 Å². The lowest BCUT2D eigenvalue weighted by Gasteiger charge is -2.18. The minimum Gasteiger partial charge on any atom is -0.364 e. The Hall–Kier alpha value is 0.310. The Morgan fingerprint density at radius 3 is 3.00 bits per heavy atom. The molecule has 2 aliphatic heterocycles. The molecule has 0 aromatic carbocycles. The highest BCUT2D eigenvalue weighted by Gasteiger charge is 2.29. The maximum atomic E-state index is 5.56. The first kappa shape index (κ1) is 5.12. The minimum absolute atomic E-state index is 0.578. The zero-order valence-corrected chi connectivity index (χ0v) is 5.62. The summed E-state index contributed by atoms with van der Waals surface area (Å²) in [6, 6.07) is 0. The second-order valence-electron chi connectivity index (χ2n) is 2.42. The molecule has 2 aliphatic rings. The number of fused-ring (bicyclic) bond motifs is 2. The zero-order chi connectivity index (χ0) is 5.40. The van der Waals surface area contributed by atoms with Gasteiger partial charge < -0.3 is 4.74 Å². The molecular formula is C6H10OS. The molecule has 0 radical (unpaired) electrons. The molecule has 2 fully saturated rings. The van der Waals surface area contributed by atoms with Gasteiger partial charge in [-0.2, -0.15) is 0 Å². The third-order valence-corrected chi connectivity index (χ3v) is 3.00. The van der Waals surface area contributed by atoms with Gasteiger partial charge in [-0.3, -0.25) is 0 Å². The fraction of sp³-hybridized carbons (Fsp3) is 1.00. The normalized spacial score (nSPS) is 45.0. The van der Waals surface area contributed by atoms with E-state index >= 15 is 0 Å². The third kappa shape index (κ3) is 0.759. The van der Waals surface area contributed by atoms with Crippen LogP contribution in [0, 0.1) is 0 Å². The van der Waals surface area contributed by atoms with Crippen LogP contribution in [0.1, 0.15) is 19.3 Å². The molecule has 2 bridgehead atoms. The van der Waals surface area contributed by atoms with E-state index in [1.807, 2.05) is 11.8 Å². The monoisotopic (exact) mass is 130 g/mol. The maximum absolute atomic E-state index is 5.56. The molecule has 2 saturated heterocycles. The molecule has 8 heavy (non-hydrogen) atoms. The molecule has 2 rings (SSSR count). The van der Waals surface area contributed by atoms with E-state index in [1.165, 1.54) is 25.0 Å². The summed E-state index contributed by atoms with van der Waals surface area (Å²) in [6.07, 6.45) is 4.55. The van der Waals surface area contributed by atoms with Crippen LogP contribution in [0.5, 0.6) is 0 Å². The van der Waals surface area contributed by atoms with Crippen LogP contribution in [-0.4, -0.2) is 17.3 Å². The van der Waals surface area contributed by atoms with Crippen LogP contribution in [-0.2, 0) is 4.74 Å². The van der Waals surface area contributed by atoms with Crippen molar-refractivity contribution < 1.29 is 4.74 Å². The van der Waals surface area contributed by atoms with Crippen LogP contribution in [0.2, 0.25) is 0 Å². The van der Waals surface area contributed by atoms with Crippen LogP contribution >= 0.6 is 11.8 Å². The predicted octanol–water partition coefficient (Wildman–Crippen LogP) is 1.63. The topological polar surface area (TPSA) is 9.23 Å². The predicted molar refractivity (Wildman–Crippen MR) is 35.0 cm³/mol. The van der Waals surface area contributed by atoms with Crippen molar-refractivity contribution in [2.75, 3.05) is 5.75 Å². The second kappa shape index (κ2) is 1.92. The summed E-state index contributed by atoms with van der Waals surface area (Å²) in [4.78, 5) is 0. The van der Waals surface area contributed by atoms with Crippen molar-refractivity contribution in [2.24, 2.45) is 0 Å². The fourth-order valence-electron chi connectivity index (χ4n) is 1.34. The van der Waals surface area contributed by atoms with Gasteiger partial charge in [-0.1, -0.05) is 0 Å². The van der Waals surface area contributed by atoms with Gasteiger partial charge in [0.2, 0.25) is 0 Å². The molecule has 2 atom stereocenters. The Morgan fingerprint density at radius 2 is 2.25 bits per heavy atom. The summed E-state index contributed by atoms with van der Waals surface area (Å²) < 4.78 is 5.56. The lowest BCUT2D eigenvalue weighted by atomic mass is 10.2. The van der Waals surface area contributed by atoms with E-state index in [0.29, 0.717) is 11.5 Å². The van der Waals surface area contributed by atoms with Crippen LogP contribution < -0.4 is 0 Å². The number of ether oxygens (including phenoxy) is 1. The van der Waals surface area contributed by atoms with Crippen molar-refractivity contribution in [3.63, 3.8) is 0 Å². The van der Waals surface area contributed by atoms with E-state index in [9.17, 15) is 0 Å². The highest BCUT2D eigenvalue weighted by Crippen LogP contribution is 2.35.